The highest BCUT2D eigenvalue weighted by molar-refractivity contribution is 5.37. The average Bonchev–Trinajstić information content (AvgIpc) is 2.34. The summed E-state index contributed by atoms with van der Waals surface area (Å²) in [4.78, 5) is 0. The van der Waals surface area contributed by atoms with Crippen LogP contribution in [0.15, 0.2) is 18.2 Å². The van der Waals surface area contributed by atoms with Gasteiger partial charge in [-0.3, -0.25) is 0 Å². The molecule has 0 saturated heterocycles. The van der Waals surface area contributed by atoms with Gasteiger partial charge in [-0.15, -0.1) is 0 Å². The smallest absolute Gasteiger partial charge is 0.123 e. The highest BCUT2D eigenvalue weighted by Gasteiger charge is 2.26. The van der Waals surface area contributed by atoms with Crippen molar-refractivity contribution < 1.29 is 9.84 Å². The van der Waals surface area contributed by atoms with Crippen molar-refractivity contribution in [1.82, 2.24) is 5.32 Å². The summed E-state index contributed by atoms with van der Waals surface area (Å²) >= 11 is 0. The first-order valence-corrected chi connectivity index (χ1v) is 7.71. The summed E-state index contributed by atoms with van der Waals surface area (Å²) in [5, 5.41) is 13.8. The average molecular weight is 293 g/mol. The lowest BCUT2D eigenvalue weighted by Gasteiger charge is -2.28. The van der Waals surface area contributed by atoms with Crippen LogP contribution in [0.3, 0.4) is 0 Å². The molecule has 21 heavy (non-hydrogen) atoms. The largest absolute Gasteiger partial charge is 0.490 e. The van der Waals surface area contributed by atoms with Crippen LogP contribution in [0.2, 0.25) is 0 Å². The predicted octanol–water partition coefficient (Wildman–Crippen LogP) is 3.67. The summed E-state index contributed by atoms with van der Waals surface area (Å²) in [6, 6.07) is 6.17. The Hall–Kier alpha value is -1.06. The maximum absolute atomic E-state index is 10.3. The van der Waals surface area contributed by atoms with Gasteiger partial charge in [0.25, 0.3) is 0 Å². The van der Waals surface area contributed by atoms with Crippen molar-refractivity contribution in [3.05, 3.63) is 29.3 Å². The molecule has 0 heterocycles. The van der Waals surface area contributed by atoms with Gasteiger partial charge in [0.05, 0.1) is 5.60 Å². The number of nitrogens with one attached hydrogen (secondary N) is 1. The van der Waals surface area contributed by atoms with Crippen molar-refractivity contribution in [1.29, 1.82) is 0 Å². The molecule has 3 heteroatoms. The van der Waals surface area contributed by atoms with Crippen LogP contribution in [0.25, 0.3) is 0 Å². The lowest BCUT2D eigenvalue weighted by molar-refractivity contribution is -0.0269. The van der Waals surface area contributed by atoms with E-state index in [-0.39, 0.29) is 11.5 Å². The Kier molecular flexibility index (Phi) is 5.83. The fraction of sp³-hybridized carbons (Fsp3) is 0.667. The number of hydrogen-bond donors (Lipinski definition) is 2. The number of ether oxygens (including phenoxy) is 1. The number of benzene rings is 1. The van der Waals surface area contributed by atoms with Crippen molar-refractivity contribution in [2.45, 2.75) is 66.2 Å². The molecule has 1 aromatic rings. The van der Waals surface area contributed by atoms with E-state index < -0.39 is 5.60 Å². The molecule has 1 atom stereocenters. The Morgan fingerprint density at radius 1 is 1.19 bits per heavy atom. The first kappa shape index (κ1) is 18.0. The molecular formula is C18H31NO2. The van der Waals surface area contributed by atoms with E-state index in [1.807, 2.05) is 32.9 Å². The van der Waals surface area contributed by atoms with E-state index in [0.29, 0.717) is 6.61 Å². The number of hydrogen-bond acceptors (Lipinski definition) is 3. The topological polar surface area (TPSA) is 41.5 Å². The van der Waals surface area contributed by atoms with Crippen LogP contribution in [-0.2, 0) is 6.54 Å². The van der Waals surface area contributed by atoms with Crippen molar-refractivity contribution >= 4 is 0 Å². The maximum atomic E-state index is 10.3. The van der Waals surface area contributed by atoms with Gasteiger partial charge in [0.2, 0.25) is 0 Å². The minimum atomic E-state index is -0.820. The Bertz CT molecular complexity index is 459. The fourth-order valence-electron chi connectivity index (χ4n) is 1.74. The molecule has 0 aliphatic rings. The second-order valence-electron chi connectivity index (χ2n) is 7.52. The summed E-state index contributed by atoms with van der Waals surface area (Å²) < 4.78 is 5.89. The lowest BCUT2D eigenvalue weighted by atomic mass is 9.94. The molecule has 120 valence electrons. The van der Waals surface area contributed by atoms with Crippen molar-refractivity contribution in [2.24, 2.45) is 5.92 Å². The molecule has 0 fully saturated rings. The van der Waals surface area contributed by atoms with Crippen LogP contribution >= 0.6 is 0 Å². The van der Waals surface area contributed by atoms with Gasteiger partial charge in [-0.05, 0) is 46.6 Å². The molecule has 0 saturated carbocycles. The fourth-order valence-corrected chi connectivity index (χ4v) is 1.74. The van der Waals surface area contributed by atoms with Gasteiger partial charge >= 0.3 is 0 Å². The van der Waals surface area contributed by atoms with Gasteiger partial charge in [0.15, 0.2) is 0 Å². The number of aryl methyl sites for hydroxylation is 1. The minimum absolute atomic E-state index is 0.0600. The van der Waals surface area contributed by atoms with E-state index in [2.05, 4.69) is 39.1 Å². The van der Waals surface area contributed by atoms with Gasteiger partial charge in [0, 0.05) is 17.6 Å². The second-order valence-corrected chi connectivity index (χ2v) is 7.52. The molecular weight excluding hydrogens is 262 g/mol. The summed E-state index contributed by atoms with van der Waals surface area (Å²) in [5.74, 6) is 0.998. The summed E-state index contributed by atoms with van der Waals surface area (Å²) in [6.07, 6.45) is 0. The molecule has 0 spiro atoms. The molecule has 1 aromatic carbocycles. The Balaban J connectivity index is 2.82. The number of aliphatic hydroxyl groups is 1. The third-order valence-corrected chi connectivity index (χ3v) is 3.79. The van der Waals surface area contributed by atoms with E-state index in [1.54, 1.807) is 0 Å². The second kappa shape index (κ2) is 6.80. The zero-order valence-electron chi connectivity index (χ0n) is 14.6. The first-order valence-electron chi connectivity index (χ1n) is 7.71. The Labute approximate surface area is 129 Å². The maximum Gasteiger partial charge on any atom is 0.123 e. The van der Waals surface area contributed by atoms with Crippen LogP contribution in [0.1, 0.15) is 52.7 Å². The molecule has 0 bridgehead atoms. The molecule has 1 rings (SSSR count). The molecule has 0 aliphatic carbocycles. The normalized spacial score (nSPS) is 15.1. The Morgan fingerprint density at radius 2 is 1.81 bits per heavy atom. The van der Waals surface area contributed by atoms with Crippen LogP contribution in [0.5, 0.6) is 5.75 Å². The minimum Gasteiger partial charge on any atom is -0.490 e. The van der Waals surface area contributed by atoms with E-state index in [1.165, 1.54) is 5.56 Å². The van der Waals surface area contributed by atoms with E-state index in [4.69, 9.17) is 4.74 Å². The SMILES string of the molecule is Cc1ccc(OCC(C)(O)C(C)C)c(CNC(C)(C)C)c1. The molecule has 0 aromatic heterocycles. The molecule has 0 radical (unpaired) electrons. The number of rotatable bonds is 6. The van der Waals surface area contributed by atoms with Crippen molar-refractivity contribution in [3.63, 3.8) is 0 Å². The standard InChI is InChI=1S/C18H31NO2/c1-13(2)18(7,20)12-21-16-9-8-14(3)10-15(16)11-19-17(4,5)6/h8-10,13,19-20H,11-12H2,1-7H3. The van der Waals surface area contributed by atoms with Gasteiger partial charge < -0.3 is 15.2 Å². The van der Waals surface area contributed by atoms with E-state index in [9.17, 15) is 5.11 Å². The van der Waals surface area contributed by atoms with Crippen LogP contribution in [0.4, 0.5) is 0 Å². The zero-order chi connectivity index (χ0) is 16.3. The molecule has 0 aliphatic heterocycles. The monoisotopic (exact) mass is 293 g/mol. The molecule has 2 N–H and O–H groups in total. The highest BCUT2D eigenvalue weighted by atomic mass is 16.5. The summed E-state index contributed by atoms with van der Waals surface area (Å²) in [6.45, 7) is 15.4. The summed E-state index contributed by atoms with van der Waals surface area (Å²) in [7, 11) is 0. The molecule has 1 unspecified atom stereocenters. The van der Waals surface area contributed by atoms with E-state index in [0.717, 1.165) is 17.9 Å². The van der Waals surface area contributed by atoms with Crippen molar-refractivity contribution in [2.75, 3.05) is 6.61 Å². The van der Waals surface area contributed by atoms with Crippen LogP contribution < -0.4 is 10.1 Å². The van der Waals surface area contributed by atoms with Crippen LogP contribution in [0, 0.1) is 12.8 Å². The quantitative estimate of drug-likeness (QED) is 0.841. The molecule has 0 amide bonds. The van der Waals surface area contributed by atoms with Gasteiger partial charge in [-0.25, -0.2) is 0 Å². The highest BCUT2D eigenvalue weighted by Crippen LogP contribution is 2.24. The Morgan fingerprint density at radius 3 is 2.33 bits per heavy atom. The third-order valence-electron chi connectivity index (χ3n) is 3.79. The lowest BCUT2D eigenvalue weighted by Crippen LogP contribution is -2.38. The van der Waals surface area contributed by atoms with Crippen molar-refractivity contribution in [3.8, 4) is 5.75 Å². The third kappa shape index (κ3) is 6.06. The molecule has 3 nitrogen and oxygen atoms in total. The van der Waals surface area contributed by atoms with Gasteiger partial charge in [-0.1, -0.05) is 31.5 Å². The first-order chi connectivity index (χ1) is 9.51. The van der Waals surface area contributed by atoms with Crippen LogP contribution in [-0.4, -0.2) is 22.9 Å². The van der Waals surface area contributed by atoms with Gasteiger partial charge in [0.1, 0.15) is 12.4 Å². The zero-order valence-corrected chi connectivity index (χ0v) is 14.6. The summed E-state index contributed by atoms with van der Waals surface area (Å²) in [5.41, 5.74) is 1.58. The van der Waals surface area contributed by atoms with Gasteiger partial charge in [-0.2, -0.15) is 0 Å². The van der Waals surface area contributed by atoms with E-state index >= 15 is 0 Å². The predicted molar refractivity (Wildman–Crippen MR) is 88.7 cm³/mol.